The lowest BCUT2D eigenvalue weighted by molar-refractivity contribution is 0.283. The van der Waals surface area contributed by atoms with Crippen LogP contribution in [0.1, 0.15) is 28.2 Å². The van der Waals surface area contributed by atoms with E-state index in [-0.39, 0.29) is 0 Å². The zero-order valence-electron chi connectivity index (χ0n) is 8.97. The number of thiophene rings is 1. The fourth-order valence-electron chi connectivity index (χ4n) is 1.44. The van der Waals surface area contributed by atoms with Crippen molar-refractivity contribution in [2.45, 2.75) is 33.2 Å². The Bertz CT molecular complexity index is 270. The minimum absolute atomic E-state index is 0.304. The predicted octanol–water partition coefficient (Wildman–Crippen LogP) is 2.23. The molecule has 3 heteroatoms. The lowest BCUT2D eigenvalue weighted by Crippen LogP contribution is -2.15. The van der Waals surface area contributed by atoms with Crippen molar-refractivity contribution in [3.63, 3.8) is 0 Å². The molecule has 1 aromatic heterocycles. The highest BCUT2D eigenvalue weighted by Crippen LogP contribution is 2.20. The quantitative estimate of drug-likeness (QED) is 0.710. The van der Waals surface area contributed by atoms with Gasteiger partial charge in [-0.25, -0.2) is 0 Å². The lowest BCUT2D eigenvalue weighted by Gasteiger charge is -2.03. The molecule has 1 heterocycles. The Kier molecular flexibility index (Phi) is 5.15. The minimum Gasteiger partial charge on any atom is -0.396 e. The standard InChI is InChI=1S/C11H19NOS/c1-9-7-11(10(2)14-9)8-12-5-3-4-6-13/h7,12-13H,3-6,8H2,1-2H3. The molecular weight excluding hydrogens is 194 g/mol. The zero-order chi connectivity index (χ0) is 10.4. The van der Waals surface area contributed by atoms with Crippen LogP contribution in [-0.2, 0) is 6.54 Å². The summed E-state index contributed by atoms with van der Waals surface area (Å²) in [7, 11) is 0. The molecule has 0 aliphatic carbocycles. The largest absolute Gasteiger partial charge is 0.396 e. The third-order valence-electron chi connectivity index (χ3n) is 2.22. The van der Waals surface area contributed by atoms with E-state index in [2.05, 4.69) is 25.2 Å². The second-order valence-corrected chi connectivity index (χ2v) is 5.01. The van der Waals surface area contributed by atoms with Gasteiger partial charge >= 0.3 is 0 Å². The molecule has 0 bridgehead atoms. The van der Waals surface area contributed by atoms with Crippen molar-refractivity contribution >= 4 is 11.3 Å². The topological polar surface area (TPSA) is 32.3 Å². The molecule has 2 nitrogen and oxygen atoms in total. The van der Waals surface area contributed by atoms with E-state index in [0.29, 0.717) is 6.61 Å². The van der Waals surface area contributed by atoms with E-state index in [4.69, 9.17) is 5.11 Å². The minimum atomic E-state index is 0.304. The molecule has 0 spiro atoms. The molecule has 80 valence electrons. The van der Waals surface area contributed by atoms with E-state index in [1.165, 1.54) is 15.3 Å². The second-order valence-electron chi connectivity index (χ2n) is 3.55. The highest BCUT2D eigenvalue weighted by atomic mass is 32.1. The van der Waals surface area contributed by atoms with Gasteiger partial charge in [-0.05, 0) is 44.9 Å². The Morgan fingerprint density at radius 3 is 2.71 bits per heavy atom. The lowest BCUT2D eigenvalue weighted by atomic mass is 10.2. The highest BCUT2D eigenvalue weighted by Gasteiger charge is 2.01. The number of rotatable bonds is 6. The molecule has 0 amide bonds. The highest BCUT2D eigenvalue weighted by molar-refractivity contribution is 7.12. The molecule has 0 aliphatic heterocycles. The van der Waals surface area contributed by atoms with Gasteiger partial charge in [0.25, 0.3) is 0 Å². The number of hydrogen-bond acceptors (Lipinski definition) is 3. The normalized spacial score (nSPS) is 10.8. The number of unbranched alkanes of at least 4 members (excludes halogenated alkanes) is 1. The Hall–Kier alpha value is -0.380. The van der Waals surface area contributed by atoms with Gasteiger partial charge in [0, 0.05) is 22.9 Å². The molecule has 0 atom stereocenters. The first-order valence-corrected chi connectivity index (χ1v) is 5.93. The zero-order valence-corrected chi connectivity index (χ0v) is 9.78. The summed E-state index contributed by atoms with van der Waals surface area (Å²) in [6, 6.07) is 2.25. The molecule has 0 aliphatic rings. The van der Waals surface area contributed by atoms with Crippen molar-refractivity contribution in [2.75, 3.05) is 13.2 Å². The van der Waals surface area contributed by atoms with Crippen LogP contribution < -0.4 is 5.32 Å². The maximum Gasteiger partial charge on any atom is 0.0431 e. The predicted molar refractivity (Wildman–Crippen MR) is 61.8 cm³/mol. The summed E-state index contributed by atoms with van der Waals surface area (Å²) in [5, 5.41) is 12.0. The van der Waals surface area contributed by atoms with Gasteiger partial charge in [0.2, 0.25) is 0 Å². The Morgan fingerprint density at radius 1 is 1.36 bits per heavy atom. The molecule has 0 radical (unpaired) electrons. The molecule has 0 saturated heterocycles. The van der Waals surface area contributed by atoms with Crippen LogP contribution in [0.5, 0.6) is 0 Å². The molecule has 0 fully saturated rings. The third kappa shape index (κ3) is 3.78. The van der Waals surface area contributed by atoms with Crippen molar-refractivity contribution < 1.29 is 5.11 Å². The maximum absolute atomic E-state index is 8.60. The first-order chi connectivity index (χ1) is 6.74. The van der Waals surface area contributed by atoms with Crippen molar-refractivity contribution in [3.05, 3.63) is 21.4 Å². The number of nitrogens with one attached hydrogen (secondary N) is 1. The van der Waals surface area contributed by atoms with Crippen molar-refractivity contribution in [1.82, 2.24) is 5.32 Å². The summed E-state index contributed by atoms with van der Waals surface area (Å²) in [5.74, 6) is 0. The monoisotopic (exact) mass is 213 g/mol. The van der Waals surface area contributed by atoms with Crippen LogP contribution in [0, 0.1) is 13.8 Å². The summed E-state index contributed by atoms with van der Waals surface area (Å²) in [4.78, 5) is 2.80. The van der Waals surface area contributed by atoms with E-state index in [1.807, 2.05) is 11.3 Å². The summed E-state index contributed by atoms with van der Waals surface area (Å²) in [5.41, 5.74) is 1.41. The van der Waals surface area contributed by atoms with Crippen LogP contribution in [0.25, 0.3) is 0 Å². The average Bonchev–Trinajstić information content (AvgIpc) is 2.45. The third-order valence-corrected chi connectivity index (χ3v) is 3.23. The van der Waals surface area contributed by atoms with Crippen molar-refractivity contribution in [1.29, 1.82) is 0 Å². The summed E-state index contributed by atoms with van der Waals surface area (Å²) in [6.07, 6.45) is 1.95. The number of aliphatic hydroxyl groups excluding tert-OH is 1. The first-order valence-electron chi connectivity index (χ1n) is 5.11. The Morgan fingerprint density at radius 2 is 2.14 bits per heavy atom. The van der Waals surface area contributed by atoms with Crippen LogP contribution in [0.15, 0.2) is 6.07 Å². The Labute approximate surface area is 90.0 Å². The molecule has 1 aromatic rings. The second kappa shape index (κ2) is 6.17. The Balaban J connectivity index is 2.21. The van der Waals surface area contributed by atoms with E-state index in [0.717, 1.165) is 25.9 Å². The van der Waals surface area contributed by atoms with Gasteiger partial charge < -0.3 is 10.4 Å². The maximum atomic E-state index is 8.60. The van der Waals surface area contributed by atoms with E-state index < -0.39 is 0 Å². The smallest absolute Gasteiger partial charge is 0.0431 e. The molecule has 14 heavy (non-hydrogen) atoms. The van der Waals surface area contributed by atoms with Crippen LogP contribution >= 0.6 is 11.3 Å². The fraction of sp³-hybridized carbons (Fsp3) is 0.636. The molecule has 0 saturated carbocycles. The fourth-order valence-corrected chi connectivity index (χ4v) is 2.39. The van der Waals surface area contributed by atoms with Gasteiger partial charge in [-0.3, -0.25) is 0 Å². The van der Waals surface area contributed by atoms with Crippen molar-refractivity contribution in [2.24, 2.45) is 0 Å². The van der Waals surface area contributed by atoms with E-state index >= 15 is 0 Å². The molecule has 1 rings (SSSR count). The van der Waals surface area contributed by atoms with Crippen LogP contribution in [0.4, 0.5) is 0 Å². The summed E-state index contributed by atoms with van der Waals surface area (Å²) >= 11 is 1.86. The van der Waals surface area contributed by atoms with Gasteiger partial charge in [0.05, 0.1) is 0 Å². The number of aliphatic hydroxyl groups is 1. The first kappa shape index (κ1) is 11.7. The van der Waals surface area contributed by atoms with E-state index in [9.17, 15) is 0 Å². The van der Waals surface area contributed by atoms with Gasteiger partial charge in [0.1, 0.15) is 0 Å². The van der Waals surface area contributed by atoms with Gasteiger partial charge in [0.15, 0.2) is 0 Å². The van der Waals surface area contributed by atoms with Crippen molar-refractivity contribution in [3.8, 4) is 0 Å². The average molecular weight is 213 g/mol. The molecule has 0 unspecified atom stereocenters. The summed E-state index contributed by atoms with van der Waals surface area (Å²) < 4.78 is 0. The van der Waals surface area contributed by atoms with Gasteiger partial charge in [-0.15, -0.1) is 11.3 Å². The van der Waals surface area contributed by atoms with Gasteiger partial charge in [-0.1, -0.05) is 0 Å². The number of aryl methyl sites for hydroxylation is 2. The number of hydrogen-bond donors (Lipinski definition) is 2. The summed E-state index contributed by atoms with van der Waals surface area (Å²) in [6.45, 7) is 6.57. The molecular formula is C11H19NOS. The van der Waals surface area contributed by atoms with Gasteiger partial charge in [-0.2, -0.15) is 0 Å². The van der Waals surface area contributed by atoms with Crippen LogP contribution in [0.2, 0.25) is 0 Å². The van der Waals surface area contributed by atoms with Crippen LogP contribution in [0.3, 0.4) is 0 Å². The van der Waals surface area contributed by atoms with Crippen LogP contribution in [-0.4, -0.2) is 18.3 Å². The SMILES string of the molecule is Cc1cc(CNCCCCO)c(C)s1. The van der Waals surface area contributed by atoms with E-state index in [1.54, 1.807) is 0 Å². The molecule has 2 N–H and O–H groups in total. The molecule has 0 aromatic carbocycles.